The zero-order valence-corrected chi connectivity index (χ0v) is 12.8. The zero-order valence-electron chi connectivity index (χ0n) is 12.8. The average Bonchev–Trinajstić information content (AvgIpc) is 2.73. The van der Waals surface area contributed by atoms with E-state index in [4.69, 9.17) is 0 Å². The van der Waals surface area contributed by atoms with Gasteiger partial charge in [-0.2, -0.15) is 5.10 Å². The Kier molecular flexibility index (Phi) is 3.58. The van der Waals surface area contributed by atoms with E-state index in [1.807, 2.05) is 45.2 Å². The second kappa shape index (κ2) is 5.55. The molecule has 3 aromatic rings. The highest BCUT2D eigenvalue weighted by atomic mass is 16.1. The lowest BCUT2D eigenvalue weighted by Crippen LogP contribution is -2.16. The molecular formula is C16H17N5O. The number of para-hydroxylation sites is 2. The van der Waals surface area contributed by atoms with Crippen molar-refractivity contribution in [2.75, 3.05) is 5.32 Å². The number of anilines is 1. The molecule has 0 aliphatic carbocycles. The maximum atomic E-state index is 12.2. The molecule has 22 heavy (non-hydrogen) atoms. The van der Waals surface area contributed by atoms with Gasteiger partial charge in [0.05, 0.1) is 29.3 Å². The quantitative estimate of drug-likeness (QED) is 0.803. The molecule has 1 amide bonds. The maximum Gasteiger partial charge on any atom is 0.230 e. The third kappa shape index (κ3) is 2.67. The molecule has 1 aromatic carbocycles. The van der Waals surface area contributed by atoms with E-state index in [1.54, 1.807) is 10.9 Å². The summed E-state index contributed by atoms with van der Waals surface area (Å²) in [4.78, 5) is 20.9. The van der Waals surface area contributed by atoms with E-state index in [1.165, 1.54) is 0 Å². The highest BCUT2D eigenvalue weighted by molar-refractivity contribution is 5.92. The maximum absolute atomic E-state index is 12.2. The van der Waals surface area contributed by atoms with Crippen molar-refractivity contribution in [1.29, 1.82) is 0 Å². The van der Waals surface area contributed by atoms with Gasteiger partial charge in [-0.15, -0.1) is 0 Å². The van der Waals surface area contributed by atoms with Crippen LogP contribution < -0.4 is 5.32 Å². The van der Waals surface area contributed by atoms with Gasteiger partial charge in [0.2, 0.25) is 5.91 Å². The summed E-state index contributed by atoms with van der Waals surface area (Å²) in [7, 11) is 1.87. The number of nitrogens with one attached hydrogen (secondary N) is 1. The fourth-order valence-corrected chi connectivity index (χ4v) is 2.44. The molecule has 2 heterocycles. The number of carbonyl (C=O) groups is 1. The van der Waals surface area contributed by atoms with Crippen LogP contribution in [-0.4, -0.2) is 25.7 Å². The van der Waals surface area contributed by atoms with E-state index >= 15 is 0 Å². The molecule has 0 atom stereocenters. The first kappa shape index (κ1) is 14.2. The lowest BCUT2D eigenvalue weighted by molar-refractivity contribution is -0.115. The van der Waals surface area contributed by atoms with E-state index < -0.39 is 0 Å². The Hall–Kier alpha value is -2.76. The predicted octanol–water partition coefficient (Wildman–Crippen LogP) is 2.16. The smallest absolute Gasteiger partial charge is 0.230 e. The van der Waals surface area contributed by atoms with Crippen molar-refractivity contribution < 1.29 is 4.79 Å². The Morgan fingerprint density at radius 1 is 1.23 bits per heavy atom. The van der Waals surface area contributed by atoms with Crippen molar-refractivity contribution in [3.05, 3.63) is 47.4 Å². The molecule has 1 N–H and O–H groups in total. The third-order valence-electron chi connectivity index (χ3n) is 3.71. The van der Waals surface area contributed by atoms with Crippen molar-refractivity contribution in [2.24, 2.45) is 7.05 Å². The summed E-state index contributed by atoms with van der Waals surface area (Å²) in [5.41, 5.74) is 4.39. The molecule has 0 bridgehead atoms. The van der Waals surface area contributed by atoms with Gasteiger partial charge in [0.25, 0.3) is 0 Å². The van der Waals surface area contributed by atoms with E-state index in [9.17, 15) is 4.79 Å². The largest absolute Gasteiger partial charge is 0.309 e. The van der Waals surface area contributed by atoms with Crippen LogP contribution >= 0.6 is 0 Å². The number of rotatable bonds is 3. The molecular weight excluding hydrogens is 278 g/mol. The molecule has 3 rings (SSSR count). The van der Waals surface area contributed by atoms with E-state index in [0.717, 1.165) is 28.0 Å². The SMILES string of the molecule is Cc1nn(C)c(C)c1CC(=O)Nc1cnc2ccccc2n1. The summed E-state index contributed by atoms with van der Waals surface area (Å²) in [6.45, 7) is 3.86. The number of hydrogen-bond acceptors (Lipinski definition) is 4. The summed E-state index contributed by atoms with van der Waals surface area (Å²) in [6, 6.07) is 7.55. The van der Waals surface area contributed by atoms with Gasteiger partial charge in [-0.05, 0) is 26.0 Å². The molecule has 6 nitrogen and oxygen atoms in total. The molecule has 0 radical (unpaired) electrons. The van der Waals surface area contributed by atoms with Crippen LogP contribution in [0.25, 0.3) is 11.0 Å². The van der Waals surface area contributed by atoms with Gasteiger partial charge in [0.15, 0.2) is 5.82 Å². The van der Waals surface area contributed by atoms with Crippen LogP contribution in [0.2, 0.25) is 0 Å². The van der Waals surface area contributed by atoms with Crippen molar-refractivity contribution in [2.45, 2.75) is 20.3 Å². The van der Waals surface area contributed by atoms with Crippen LogP contribution in [0, 0.1) is 13.8 Å². The molecule has 0 saturated carbocycles. The van der Waals surface area contributed by atoms with Crippen LogP contribution in [-0.2, 0) is 18.3 Å². The van der Waals surface area contributed by atoms with Crippen LogP contribution in [0.15, 0.2) is 30.5 Å². The molecule has 2 aromatic heterocycles. The predicted molar refractivity (Wildman–Crippen MR) is 84.6 cm³/mol. The van der Waals surface area contributed by atoms with Crippen molar-refractivity contribution in [3.63, 3.8) is 0 Å². The second-order valence-electron chi connectivity index (χ2n) is 5.24. The Morgan fingerprint density at radius 2 is 1.95 bits per heavy atom. The lowest BCUT2D eigenvalue weighted by Gasteiger charge is -2.06. The Balaban J connectivity index is 1.78. The van der Waals surface area contributed by atoms with Gasteiger partial charge in [-0.25, -0.2) is 4.98 Å². The number of aromatic nitrogens is 4. The van der Waals surface area contributed by atoms with Crippen molar-refractivity contribution >= 4 is 22.8 Å². The molecule has 0 aliphatic heterocycles. The highest BCUT2D eigenvalue weighted by Crippen LogP contribution is 2.15. The summed E-state index contributed by atoms with van der Waals surface area (Å²) < 4.78 is 1.79. The lowest BCUT2D eigenvalue weighted by atomic mass is 10.1. The van der Waals surface area contributed by atoms with Gasteiger partial charge < -0.3 is 5.32 Å². The van der Waals surface area contributed by atoms with E-state index in [2.05, 4.69) is 20.4 Å². The van der Waals surface area contributed by atoms with Gasteiger partial charge in [-0.3, -0.25) is 14.5 Å². The number of benzene rings is 1. The van der Waals surface area contributed by atoms with Crippen molar-refractivity contribution in [3.8, 4) is 0 Å². The van der Waals surface area contributed by atoms with E-state index in [0.29, 0.717) is 5.82 Å². The Labute approximate surface area is 128 Å². The van der Waals surface area contributed by atoms with Gasteiger partial charge in [0, 0.05) is 18.3 Å². The Bertz CT molecular complexity index is 853. The molecule has 112 valence electrons. The number of carbonyl (C=O) groups excluding carboxylic acids is 1. The molecule has 0 spiro atoms. The first-order chi connectivity index (χ1) is 10.5. The summed E-state index contributed by atoms with van der Waals surface area (Å²) >= 11 is 0. The van der Waals surface area contributed by atoms with Crippen LogP contribution in [0.3, 0.4) is 0 Å². The number of aryl methyl sites for hydroxylation is 2. The topological polar surface area (TPSA) is 72.7 Å². The minimum Gasteiger partial charge on any atom is -0.309 e. The molecule has 6 heteroatoms. The monoisotopic (exact) mass is 295 g/mol. The fraction of sp³-hybridized carbons (Fsp3) is 0.250. The van der Waals surface area contributed by atoms with Crippen LogP contribution in [0.5, 0.6) is 0 Å². The molecule has 0 unspecified atom stereocenters. The third-order valence-corrected chi connectivity index (χ3v) is 3.71. The number of hydrogen-bond donors (Lipinski definition) is 1. The van der Waals surface area contributed by atoms with Gasteiger partial charge in [0.1, 0.15) is 0 Å². The summed E-state index contributed by atoms with van der Waals surface area (Å²) in [5, 5.41) is 7.12. The van der Waals surface area contributed by atoms with Crippen LogP contribution in [0.1, 0.15) is 17.0 Å². The van der Waals surface area contributed by atoms with Crippen molar-refractivity contribution in [1.82, 2.24) is 19.7 Å². The minimum atomic E-state index is -0.121. The minimum absolute atomic E-state index is 0.121. The standard InChI is InChI=1S/C16H17N5O/c1-10-12(11(2)21(3)20-10)8-16(22)19-15-9-17-13-6-4-5-7-14(13)18-15/h4-7,9H,8H2,1-3H3,(H,18,19,22). The first-order valence-corrected chi connectivity index (χ1v) is 7.05. The van der Waals surface area contributed by atoms with E-state index in [-0.39, 0.29) is 12.3 Å². The average molecular weight is 295 g/mol. The molecule has 0 aliphatic rings. The second-order valence-corrected chi connectivity index (χ2v) is 5.24. The van der Waals surface area contributed by atoms with Gasteiger partial charge in [-0.1, -0.05) is 12.1 Å². The number of nitrogens with zero attached hydrogens (tertiary/aromatic N) is 4. The fourth-order valence-electron chi connectivity index (χ4n) is 2.44. The summed E-state index contributed by atoms with van der Waals surface area (Å²) in [6.07, 6.45) is 1.85. The Morgan fingerprint density at radius 3 is 2.64 bits per heavy atom. The first-order valence-electron chi connectivity index (χ1n) is 7.05. The molecule has 0 fully saturated rings. The zero-order chi connectivity index (χ0) is 15.7. The number of fused-ring (bicyclic) bond motifs is 1. The highest BCUT2D eigenvalue weighted by Gasteiger charge is 2.14. The van der Waals surface area contributed by atoms with Gasteiger partial charge >= 0.3 is 0 Å². The van der Waals surface area contributed by atoms with Crippen LogP contribution in [0.4, 0.5) is 5.82 Å². The summed E-state index contributed by atoms with van der Waals surface area (Å²) in [5.74, 6) is 0.340. The normalized spacial score (nSPS) is 10.9. The number of amides is 1. The molecule has 0 saturated heterocycles.